The van der Waals surface area contributed by atoms with E-state index in [1.807, 2.05) is 61.5 Å². The fourth-order valence-electron chi connectivity index (χ4n) is 2.94. The van der Waals surface area contributed by atoms with Gasteiger partial charge >= 0.3 is 0 Å². The Morgan fingerprint density at radius 2 is 2.00 bits per heavy atom. The third-order valence-corrected chi connectivity index (χ3v) is 4.16. The minimum Gasteiger partial charge on any atom is -0.489 e. The maximum Gasteiger partial charge on any atom is 0.120 e. The molecular weight excluding hydrogens is 276 g/mol. The maximum atomic E-state index is 10.9. The molecule has 0 spiro atoms. The molecule has 2 atom stereocenters. The highest BCUT2D eigenvalue weighted by atomic mass is 16.5. The summed E-state index contributed by atoms with van der Waals surface area (Å²) >= 11 is 0. The largest absolute Gasteiger partial charge is 0.489 e. The Balaban J connectivity index is 1.72. The summed E-state index contributed by atoms with van der Waals surface area (Å²) in [5.41, 5.74) is 1.23. The third kappa shape index (κ3) is 3.49. The molecule has 0 aliphatic carbocycles. The van der Waals surface area contributed by atoms with Gasteiger partial charge in [0.1, 0.15) is 12.4 Å². The highest BCUT2D eigenvalue weighted by molar-refractivity contribution is 5.33. The summed E-state index contributed by atoms with van der Waals surface area (Å²) in [6, 6.07) is 17.9. The van der Waals surface area contributed by atoms with Crippen LogP contribution in [0, 0.1) is 0 Å². The van der Waals surface area contributed by atoms with E-state index in [0.29, 0.717) is 26.1 Å². The van der Waals surface area contributed by atoms with Crippen molar-refractivity contribution in [3.05, 3.63) is 65.7 Å². The van der Waals surface area contributed by atoms with E-state index in [4.69, 9.17) is 9.47 Å². The minimum absolute atomic E-state index is 0.0765. The van der Waals surface area contributed by atoms with Crippen LogP contribution < -0.4 is 4.74 Å². The van der Waals surface area contributed by atoms with Crippen molar-refractivity contribution in [3.63, 3.8) is 0 Å². The van der Waals surface area contributed by atoms with Crippen LogP contribution in [0.25, 0.3) is 0 Å². The lowest BCUT2D eigenvalue weighted by molar-refractivity contribution is -0.101. The number of ether oxygens (including phenoxy) is 2. The van der Waals surface area contributed by atoms with E-state index in [1.165, 1.54) is 0 Å². The number of rotatable bonds is 4. The molecule has 3 heteroatoms. The highest BCUT2D eigenvalue weighted by Crippen LogP contribution is 2.35. The molecule has 0 unspecified atom stereocenters. The Morgan fingerprint density at radius 1 is 1.18 bits per heavy atom. The number of aliphatic hydroxyl groups is 1. The van der Waals surface area contributed by atoms with Crippen molar-refractivity contribution in [2.75, 3.05) is 6.61 Å². The van der Waals surface area contributed by atoms with Gasteiger partial charge < -0.3 is 14.6 Å². The van der Waals surface area contributed by atoms with Crippen LogP contribution in [-0.4, -0.2) is 17.8 Å². The summed E-state index contributed by atoms with van der Waals surface area (Å²) < 4.78 is 11.4. The van der Waals surface area contributed by atoms with E-state index in [9.17, 15) is 5.11 Å². The minimum atomic E-state index is -0.816. The van der Waals surface area contributed by atoms with Gasteiger partial charge in [-0.3, -0.25) is 0 Å². The Bertz CT molecular complexity index is 611. The topological polar surface area (TPSA) is 38.7 Å². The molecule has 0 bridgehead atoms. The molecule has 1 heterocycles. The SMILES string of the molecule is C[C@@H]1C[C@@](O)(c2cccc(OCc3ccccc3)c2)CCO1. The van der Waals surface area contributed by atoms with Gasteiger partial charge in [0.05, 0.1) is 18.3 Å². The van der Waals surface area contributed by atoms with Crippen LogP contribution in [0.1, 0.15) is 30.9 Å². The zero-order valence-electron chi connectivity index (χ0n) is 12.9. The van der Waals surface area contributed by atoms with Crippen molar-refractivity contribution < 1.29 is 14.6 Å². The molecule has 1 aliphatic rings. The van der Waals surface area contributed by atoms with Gasteiger partial charge in [-0.2, -0.15) is 0 Å². The van der Waals surface area contributed by atoms with Gasteiger partial charge in [0.2, 0.25) is 0 Å². The fourth-order valence-corrected chi connectivity index (χ4v) is 2.94. The molecular formula is C19H22O3. The second-order valence-electron chi connectivity index (χ2n) is 5.97. The Morgan fingerprint density at radius 3 is 2.77 bits per heavy atom. The van der Waals surface area contributed by atoms with Gasteiger partial charge in [-0.15, -0.1) is 0 Å². The second-order valence-corrected chi connectivity index (χ2v) is 5.97. The van der Waals surface area contributed by atoms with Crippen LogP contribution in [0.2, 0.25) is 0 Å². The van der Waals surface area contributed by atoms with Crippen LogP contribution in [-0.2, 0) is 16.9 Å². The smallest absolute Gasteiger partial charge is 0.120 e. The Labute approximate surface area is 131 Å². The molecule has 1 saturated heterocycles. The summed E-state index contributed by atoms with van der Waals surface area (Å²) in [5.74, 6) is 0.786. The van der Waals surface area contributed by atoms with Gasteiger partial charge in [-0.25, -0.2) is 0 Å². The average molecular weight is 298 g/mol. The molecule has 1 aliphatic heterocycles. The molecule has 0 radical (unpaired) electrons. The molecule has 1 N–H and O–H groups in total. The monoisotopic (exact) mass is 298 g/mol. The lowest BCUT2D eigenvalue weighted by Gasteiger charge is -2.36. The molecule has 2 aromatic rings. The first kappa shape index (κ1) is 15.1. The normalized spacial score (nSPS) is 24.9. The van der Waals surface area contributed by atoms with Crippen LogP contribution >= 0.6 is 0 Å². The zero-order chi connectivity index (χ0) is 15.4. The summed E-state index contributed by atoms with van der Waals surface area (Å²) in [5, 5.41) is 10.9. The first-order chi connectivity index (χ1) is 10.7. The van der Waals surface area contributed by atoms with Crippen molar-refractivity contribution >= 4 is 0 Å². The zero-order valence-corrected chi connectivity index (χ0v) is 12.9. The summed E-state index contributed by atoms with van der Waals surface area (Å²) in [7, 11) is 0. The molecule has 0 amide bonds. The summed E-state index contributed by atoms with van der Waals surface area (Å²) in [4.78, 5) is 0. The van der Waals surface area contributed by atoms with Gasteiger partial charge in [-0.1, -0.05) is 42.5 Å². The second kappa shape index (κ2) is 6.51. The van der Waals surface area contributed by atoms with E-state index in [-0.39, 0.29) is 6.10 Å². The van der Waals surface area contributed by atoms with E-state index in [0.717, 1.165) is 16.9 Å². The number of benzene rings is 2. The predicted octanol–water partition coefficient (Wildman–Crippen LogP) is 3.65. The number of hydrogen-bond donors (Lipinski definition) is 1. The van der Waals surface area contributed by atoms with E-state index >= 15 is 0 Å². The first-order valence-electron chi connectivity index (χ1n) is 7.77. The van der Waals surface area contributed by atoms with Gasteiger partial charge in [0.25, 0.3) is 0 Å². The van der Waals surface area contributed by atoms with Gasteiger partial charge in [-0.05, 0) is 30.2 Å². The molecule has 3 nitrogen and oxygen atoms in total. The van der Waals surface area contributed by atoms with Gasteiger partial charge in [0.15, 0.2) is 0 Å². The quantitative estimate of drug-likeness (QED) is 0.936. The molecule has 2 aromatic carbocycles. The highest BCUT2D eigenvalue weighted by Gasteiger charge is 2.35. The summed E-state index contributed by atoms with van der Waals surface area (Å²) in [6.45, 7) is 3.12. The van der Waals surface area contributed by atoms with Crippen molar-refractivity contribution in [2.24, 2.45) is 0 Å². The van der Waals surface area contributed by atoms with Crippen molar-refractivity contribution in [3.8, 4) is 5.75 Å². The molecule has 116 valence electrons. The van der Waals surface area contributed by atoms with E-state index in [1.54, 1.807) is 0 Å². The Hall–Kier alpha value is -1.84. The molecule has 3 rings (SSSR count). The lowest BCUT2D eigenvalue weighted by Crippen LogP contribution is -2.37. The third-order valence-electron chi connectivity index (χ3n) is 4.16. The fraction of sp³-hybridized carbons (Fsp3) is 0.368. The Kier molecular flexibility index (Phi) is 4.46. The maximum absolute atomic E-state index is 10.9. The predicted molar refractivity (Wildman–Crippen MR) is 85.8 cm³/mol. The van der Waals surface area contributed by atoms with Crippen LogP contribution in [0.4, 0.5) is 0 Å². The lowest BCUT2D eigenvalue weighted by atomic mass is 9.84. The molecule has 22 heavy (non-hydrogen) atoms. The average Bonchev–Trinajstić information content (AvgIpc) is 2.54. The standard InChI is InChI=1S/C19H22O3/c1-15-13-19(20,10-11-21-15)17-8-5-9-18(12-17)22-14-16-6-3-2-4-7-16/h2-9,12,15,20H,10-11,13-14H2,1H3/t15-,19-/m1/s1. The number of hydrogen-bond acceptors (Lipinski definition) is 3. The van der Waals surface area contributed by atoms with Gasteiger partial charge in [0, 0.05) is 12.8 Å². The van der Waals surface area contributed by atoms with E-state index in [2.05, 4.69) is 0 Å². The summed E-state index contributed by atoms with van der Waals surface area (Å²) in [6.07, 6.45) is 1.32. The van der Waals surface area contributed by atoms with E-state index < -0.39 is 5.60 Å². The van der Waals surface area contributed by atoms with Crippen LogP contribution in [0.5, 0.6) is 5.75 Å². The molecule has 0 aromatic heterocycles. The first-order valence-corrected chi connectivity index (χ1v) is 7.77. The molecule has 1 fully saturated rings. The van der Waals surface area contributed by atoms with Crippen molar-refractivity contribution in [2.45, 2.75) is 38.1 Å². The van der Waals surface area contributed by atoms with Crippen LogP contribution in [0.3, 0.4) is 0 Å². The molecule has 0 saturated carbocycles. The van der Waals surface area contributed by atoms with Crippen LogP contribution in [0.15, 0.2) is 54.6 Å². The van der Waals surface area contributed by atoms with Crippen molar-refractivity contribution in [1.82, 2.24) is 0 Å². The van der Waals surface area contributed by atoms with Crippen molar-refractivity contribution in [1.29, 1.82) is 0 Å².